The summed E-state index contributed by atoms with van der Waals surface area (Å²) in [6.45, 7) is 17.1. The van der Waals surface area contributed by atoms with Gasteiger partial charge in [-0.1, -0.05) is 63.2 Å². The third kappa shape index (κ3) is 6.89. The van der Waals surface area contributed by atoms with Crippen LogP contribution in [-0.2, 0) is 15.6 Å². The van der Waals surface area contributed by atoms with Crippen molar-refractivity contribution in [2.45, 2.75) is 103 Å². The molecule has 1 amide bonds. The Kier molecular flexibility index (Phi) is 8.07. The molecule has 0 aliphatic carbocycles. The normalized spacial score (nSPS) is 20.1. The second-order valence-electron chi connectivity index (χ2n) is 12.3. The summed E-state index contributed by atoms with van der Waals surface area (Å²) < 4.78 is 13.0. The highest BCUT2D eigenvalue weighted by molar-refractivity contribution is 6.74. The number of benzene rings is 2. The van der Waals surface area contributed by atoms with Gasteiger partial charge in [0.1, 0.15) is 5.60 Å². The van der Waals surface area contributed by atoms with Crippen molar-refractivity contribution in [3.63, 3.8) is 0 Å². The summed E-state index contributed by atoms with van der Waals surface area (Å²) in [7, 11) is -2.12. The van der Waals surface area contributed by atoms with Gasteiger partial charge < -0.3 is 14.9 Å². The van der Waals surface area contributed by atoms with Gasteiger partial charge in [-0.2, -0.15) is 0 Å². The van der Waals surface area contributed by atoms with Crippen LogP contribution >= 0.6 is 0 Å². The maximum Gasteiger partial charge on any atom is 0.410 e. The van der Waals surface area contributed by atoms with Gasteiger partial charge in [0.15, 0.2) is 8.32 Å². The number of hydrogen-bond donors (Lipinski definition) is 1. The van der Waals surface area contributed by atoms with E-state index in [9.17, 15) is 4.79 Å². The number of carbonyl (C=O) groups is 1. The number of ether oxygens (including phenoxy) is 1. The van der Waals surface area contributed by atoms with Crippen molar-refractivity contribution in [1.29, 1.82) is 0 Å². The summed E-state index contributed by atoms with van der Waals surface area (Å²) in [6, 6.07) is 18.3. The van der Waals surface area contributed by atoms with Gasteiger partial charge in [-0.05, 0) is 81.4 Å². The van der Waals surface area contributed by atoms with Gasteiger partial charge in [0.25, 0.3) is 0 Å². The molecule has 2 aromatic carbocycles. The van der Waals surface area contributed by atoms with Crippen molar-refractivity contribution in [2.75, 3.05) is 5.73 Å². The van der Waals surface area contributed by atoms with E-state index in [0.29, 0.717) is 0 Å². The van der Waals surface area contributed by atoms with Crippen LogP contribution in [0.4, 0.5) is 10.5 Å². The van der Waals surface area contributed by atoms with Crippen molar-refractivity contribution in [2.24, 2.45) is 0 Å². The van der Waals surface area contributed by atoms with Crippen LogP contribution in [-0.4, -0.2) is 37.0 Å². The van der Waals surface area contributed by atoms with Crippen LogP contribution in [0.2, 0.25) is 18.1 Å². The molecule has 5 nitrogen and oxygen atoms in total. The topological polar surface area (TPSA) is 64.8 Å². The molecule has 2 N–H and O–H groups in total. The number of carbonyl (C=O) groups excluding carboxylic acids is 1. The molecule has 3 rings (SSSR count). The standard InChI is InChI=1S/C29H44N2O3Si/c1-28(2,3)33-27(32)31-24(20-21-14-16-23(30)17-15-21)18-19-25(31)26(22-12-10-9-11-13-22)34-35(7,8)29(4,5)6/h9-17,24-26H,18-20,30H2,1-8H3/t24?,25?,26-/m1/s1. The molecule has 0 saturated carbocycles. The Morgan fingerprint density at radius 1 is 1.00 bits per heavy atom. The Morgan fingerprint density at radius 3 is 2.14 bits per heavy atom. The molecule has 0 bridgehead atoms. The van der Waals surface area contributed by atoms with Gasteiger partial charge in [-0.25, -0.2) is 4.79 Å². The van der Waals surface area contributed by atoms with Crippen LogP contribution in [0.3, 0.4) is 0 Å². The molecule has 2 aromatic rings. The van der Waals surface area contributed by atoms with Crippen molar-refractivity contribution < 1.29 is 14.0 Å². The first-order valence-electron chi connectivity index (χ1n) is 12.8. The molecule has 1 heterocycles. The minimum absolute atomic E-state index is 0.0349. The van der Waals surface area contributed by atoms with Crippen molar-refractivity contribution in [3.05, 3.63) is 65.7 Å². The Bertz CT molecular complexity index is 978. The molecular formula is C29H44N2O3Si. The van der Waals surface area contributed by atoms with Crippen LogP contribution in [0.5, 0.6) is 0 Å². The molecule has 6 heteroatoms. The number of amides is 1. The number of nitrogen functional groups attached to an aromatic ring is 1. The van der Waals surface area contributed by atoms with E-state index in [-0.39, 0.29) is 29.3 Å². The van der Waals surface area contributed by atoms with Crippen LogP contribution in [0.15, 0.2) is 54.6 Å². The van der Waals surface area contributed by atoms with E-state index >= 15 is 0 Å². The minimum Gasteiger partial charge on any atom is -0.444 e. The van der Waals surface area contributed by atoms with E-state index in [1.165, 1.54) is 5.56 Å². The number of likely N-dealkylation sites (tertiary alicyclic amines) is 1. The van der Waals surface area contributed by atoms with Crippen molar-refractivity contribution in [3.8, 4) is 0 Å². The Morgan fingerprint density at radius 2 is 1.60 bits per heavy atom. The number of nitrogens with two attached hydrogens (primary N) is 1. The summed E-state index contributed by atoms with van der Waals surface area (Å²) in [5.74, 6) is 0. The lowest BCUT2D eigenvalue weighted by Crippen LogP contribution is -2.50. The molecule has 2 unspecified atom stereocenters. The van der Waals surface area contributed by atoms with Crippen molar-refractivity contribution >= 4 is 20.1 Å². The maximum atomic E-state index is 13.7. The Balaban J connectivity index is 2.00. The zero-order chi connectivity index (χ0) is 26.0. The number of nitrogens with zero attached hydrogens (tertiary/aromatic N) is 1. The number of anilines is 1. The first kappa shape index (κ1) is 27.3. The quantitative estimate of drug-likeness (QED) is 0.335. The predicted octanol–water partition coefficient (Wildman–Crippen LogP) is 7.34. The van der Waals surface area contributed by atoms with Gasteiger partial charge >= 0.3 is 6.09 Å². The lowest BCUT2D eigenvalue weighted by molar-refractivity contribution is -0.00238. The minimum atomic E-state index is -2.12. The second-order valence-corrected chi connectivity index (χ2v) is 17.1. The SMILES string of the molecule is CC(C)(C)OC(=O)N1C(Cc2ccc(N)cc2)CCC1[C@H](O[Si](C)(C)C(C)(C)C)c1ccccc1. The van der Waals surface area contributed by atoms with Gasteiger partial charge in [-0.3, -0.25) is 4.90 Å². The molecule has 3 atom stereocenters. The van der Waals surface area contributed by atoms with E-state index in [0.717, 1.165) is 30.5 Å². The first-order valence-corrected chi connectivity index (χ1v) is 15.7. The molecule has 192 valence electrons. The number of rotatable bonds is 6. The van der Waals surface area contributed by atoms with Crippen LogP contribution in [0, 0.1) is 0 Å². The fraction of sp³-hybridized carbons (Fsp3) is 0.552. The van der Waals surface area contributed by atoms with E-state index in [1.54, 1.807) is 0 Å². The lowest BCUT2D eigenvalue weighted by atomic mass is 10.0. The Hall–Kier alpha value is -2.31. The zero-order valence-electron chi connectivity index (χ0n) is 22.8. The molecule has 1 fully saturated rings. The van der Waals surface area contributed by atoms with Gasteiger partial charge in [0.2, 0.25) is 0 Å². The molecule has 1 saturated heterocycles. The third-order valence-corrected chi connectivity index (χ3v) is 11.8. The van der Waals surface area contributed by atoms with Crippen molar-refractivity contribution in [1.82, 2.24) is 4.90 Å². The zero-order valence-corrected chi connectivity index (χ0v) is 23.8. The Labute approximate surface area is 213 Å². The highest BCUT2D eigenvalue weighted by Crippen LogP contribution is 2.44. The maximum absolute atomic E-state index is 13.7. The smallest absolute Gasteiger partial charge is 0.410 e. The number of hydrogen-bond acceptors (Lipinski definition) is 4. The van der Waals surface area contributed by atoms with Crippen LogP contribution in [0.1, 0.15) is 71.6 Å². The van der Waals surface area contributed by atoms with E-state index in [1.807, 2.05) is 43.9 Å². The van der Waals surface area contributed by atoms with Crippen LogP contribution < -0.4 is 5.73 Å². The molecule has 0 aromatic heterocycles. The summed E-state index contributed by atoms with van der Waals surface area (Å²) in [5, 5.41) is 0.0543. The van der Waals surface area contributed by atoms with Gasteiger partial charge in [0.05, 0.1) is 12.1 Å². The first-order chi connectivity index (χ1) is 16.2. The summed E-state index contributed by atoms with van der Waals surface area (Å²) >= 11 is 0. The molecule has 0 spiro atoms. The van der Waals surface area contributed by atoms with E-state index in [4.69, 9.17) is 14.9 Å². The predicted molar refractivity (Wildman–Crippen MR) is 147 cm³/mol. The largest absolute Gasteiger partial charge is 0.444 e. The molecule has 0 radical (unpaired) electrons. The fourth-order valence-electron chi connectivity index (χ4n) is 4.44. The van der Waals surface area contributed by atoms with E-state index in [2.05, 4.69) is 70.3 Å². The molecule has 1 aliphatic rings. The van der Waals surface area contributed by atoms with Gasteiger partial charge in [0, 0.05) is 11.7 Å². The average Bonchev–Trinajstić information content (AvgIpc) is 3.15. The molecular weight excluding hydrogens is 452 g/mol. The highest BCUT2D eigenvalue weighted by atomic mass is 28.4. The molecule has 35 heavy (non-hydrogen) atoms. The summed E-state index contributed by atoms with van der Waals surface area (Å²) in [4.78, 5) is 15.6. The lowest BCUT2D eigenvalue weighted by Gasteiger charge is -2.43. The second kappa shape index (κ2) is 10.4. The monoisotopic (exact) mass is 496 g/mol. The molecule has 1 aliphatic heterocycles. The van der Waals surface area contributed by atoms with E-state index < -0.39 is 13.9 Å². The fourth-order valence-corrected chi connectivity index (χ4v) is 5.72. The van der Waals surface area contributed by atoms with Crippen LogP contribution in [0.25, 0.3) is 0 Å². The average molecular weight is 497 g/mol. The highest BCUT2D eigenvalue weighted by Gasteiger charge is 2.47. The summed E-state index contributed by atoms with van der Waals surface area (Å²) in [6.07, 6.45) is 2.06. The summed E-state index contributed by atoms with van der Waals surface area (Å²) in [5.41, 5.74) is 8.36. The van der Waals surface area contributed by atoms with Gasteiger partial charge in [-0.15, -0.1) is 0 Å². The third-order valence-electron chi connectivity index (χ3n) is 7.31.